The van der Waals surface area contributed by atoms with Gasteiger partial charge in [0.05, 0.1) is 0 Å². The Bertz CT molecular complexity index is 218. The van der Waals surface area contributed by atoms with Crippen LogP contribution in [-0.4, -0.2) is 101 Å². The van der Waals surface area contributed by atoms with Gasteiger partial charge in [0.25, 0.3) is 0 Å². The molecule has 0 bridgehead atoms. The maximum absolute atomic E-state index is 8.52. The van der Waals surface area contributed by atoms with Crippen molar-refractivity contribution in [3.8, 4) is 0 Å². The molecule has 0 aromatic carbocycles. The largest absolute Gasteiger partial charge is 3.00 e. The fraction of sp³-hybridized carbons (Fsp3) is 0. The minimum Gasteiger partial charge on any atom is -0.759 e. The van der Waals surface area contributed by atoms with Crippen molar-refractivity contribution < 1.29 is 169 Å². The van der Waals surface area contributed by atoms with E-state index in [-0.39, 0.29) is 134 Å². The quantitative estimate of drug-likeness (QED) is 0.173. The monoisotopic (exact) mass is 503 g/mol. The van der Waals surface area contributed by atoms with Crippen LogP contribution >= 0.6 is 0 Å². The molecule has 0 amide bonds. The molecule has 0 saturated heterocycles. The first-order valence-corrected chi connectivity index (χ1v) is 4.00. The van der Waals surface area contributed by atoms with Crippen molar-refractivity contribution in [3.63, 3.8) is 0 Å². The van der Waals surface area contributed by atoms with Gasteiger partial charge in [-0.15, -0.1) is 0 Å². The van der Waals surface area contributed by atoms with Crippen molar-refractivity contribution in [1.29, 1.82) is 0 Å². The summed E-state index contributed by atoms with van der Waals surface area (Å²) in [7, 11) is -10.3. The van der Waals surface area contributed by atoms with Crippen LogP contribution in [-0.2, 0) is 37.9 Å². The second-order valence-corrected chi connectivity index (χ2v) is 2.45. The Morgan fingerprint density at radius 1 is 0.375 bits per heavy atom. The third kappa shape index (κ3) is 5870. The van der Waals surface area contributed by atoms with E-state index in [1.165, 1.54) is 0 Å². The number of hydrogen-bond acceptors (Lipinski definition) is 8. The summed E-state index contributed by atoms with van der Waals surface area (Å²) in [6.45, 7) is 0. The standard InChI is InChI=1S/Fe.K.2H2O4S.12H2O/c;;2*1-5(2,3)4;;;;;;;;;;;;/h;;2*(H2,1,2,3,4);12*1H2/q+3;+1;;;;;;;;;;;;;;/p-4. The van der Waals surface area contributed by atoms with Gasteiger partial charge in [-0.05, 0) is 0 Å². The first-order chi connectivity index (χ1) is 4.00. The molecule has 0 aliphatic carbocycles. The zero-order chi connectivity index (χ0) is 9.00. The summed E-state index contributed by atoms with van der Waals surface area (Å²) in [6, 6.07) is 0. The summed E-state index contributed by atoms with van der Waals surface area (Å²) in [5, 5.41) is 0. The van der Waals surface area contributed by atoms with Crippen molar-refractivity contribution in [1.82, 2.24) is 0 Å². The Kier molecular flexibility index (Phi) is 530. The zero-order valence-electron chi connectivity index (χ0n) is 11.4. The molecule has 0 unspecified atom stereocenters. The van der Waals surface area contributed by atoms with Gasteiger partial charge in [0.1, 0.15) is 0 Å². The summed E-state index contributed by atoms with van der Waals surface area (Å²) in [6.07, 6.45) is 0. The van der Waals surface area contributed by atoms with E-state index in [4.69, 9.17) is 35.0 Å². The third-order valence-corrected chi connectivity index (χ3v) is 0. The molecule has 0 aliphatic heterocycles. The molecule has 24 heavy (non-hydrogen) atoms. The van der Waals surface area contributed by atoms with Gasteiger partial charge in [-0.25, -0.2) is 0 Å². The van der Waals surface area contributed by atoms with Crippen LogP contribution in [0.2, 0.25) is 0 Å². The summed E-state index contributed by atoms with van der Waals surface area (Å²) < 4.78 is 68.2. The predicted molar refractivity (Wildman–Crippen MR) is 64.3 cm³/mol. The summed E-state index contributed by atoms with van der Waals surface area (Å²) in [4.78, 5) is 0. The van der Waals surface area contributed by atoms with Gasteiger partial charge in [0.15, 0.2) is 0 Å². The smallest absolute Gasteiger partial charge is 0.759 e. The molecule has 20 nitrogen and oxygen atoms in total. The second kappa shape index (κ2) is 74.4. The maximum atomic E-state index is 8.52. The molecule has 0 aromatic rings. The Morgan fingerprint density at radius 3 is 0.375 bits per heavy atom. The van der Waals surface area contributed by atoms with Crippen LogP contribution in [0.25, 0.3) is 0 Å². The topological polar surface area (TPSA) is 539 Å². The van der Waals surface area contributed by atoms with E-state index in [1.807, 2.05) is 0 Å². The molecular formula is H24FeKO20S2. The summed E-state index contributed by atoms with van der Waals surface area (Å²) in [5.74, 6) is 0. The molecule has 0 heterocycles. The Balaban J connectivity index is -0.00000000241. The molecular weight excluding hydrogens is 479 g/mol. The normalized spacial score (nSPS) is 4.83. The Morgan fingerprint density at radius 2 is 0.375 bits per heavy atom. The molecule has 165 valence electrons. The van der Waals surface area contributed by atoms with E-state index in [9.17, 15) is 0 Å². The number of rotatable bonds is 0. The molecule has 0 aromatic heterocycles. The van der Waals surface area contributed by atoms with Crippen molar-refractivity contribution >= 4 is 20.8 Å². The first-order valence-electron chi connectivity index (χ1n) is 1.33. The molecule has 1 radical (unpaired) electrons. The molecule has 0 atom stereocenters. The molecule has 0 spiro atoms. The van der Waals surface area contributed by atoms with Crippen molar-refractivity contribution in [2.45, 2.75) is 0 Å². The Labute approximate surface area is 188 Å². The van der Waals surface area contributed by atoms with Gasteiger partial charge in [-0.3, -0.25) is 16.8 Å². The summed E-state index contributed by atoms with van der Waals surface area (Å²) in [5.41, 5.74) is 0. The van der Waals surface area contributed by atoms with Gasteiger partial charge in [0, 0.05) is 20.8 Å². The minimum absolute atomic E-state index is 0. The Hall–Kier alpha value is 1.42. The zero-order valence-corrected chi connectivity index (χ0v) is 17.3. The van der Waals surface area contributed by atoms with Crippen molar-refractivity contribution in [3.05, 3.63) is 0 Å². The second-order valence-electron chi connectivity index (χ2n) is 0.816. The van der Waals surface area contributed by atoms with Gasteiger partial charge in [-0.2, -0.15) is 0 Å². The molecule has 0 fully saturated rings. The fourth-order valence-corrected chi connectivity index (χ4v) is 0. The van der Waals surface area contributed by atoms with Gasteiger partial charge < -0.3 is 83.9 Å². The molecule has 24 N–H and O–H groups in total. The van der Waals surface area contributed by atoms with Crippen LogP contribution in [0.1, 0.15) is 0 Å². The van der Waals surface area contributed by atoms with Gasteiger partial charge in [-0.1, -0.05) is 0 Å². The molecule has 24 heteroatoms. The van der Waals surface area contributed by atoms with E-state index in [0.29, 0.717) is 0 Å². The van der Waals surface area contributed by atoms with Crippen LogP contribution in [0.4, 0.5) is 0 Å². The van der Waals surface area contributed by atoms with E-state index < -0.39 is 20.8 Å². The van der Waals surface area contributed by atoms with Gasteiger partial charge >= 0.3 is 68.5 Å². The first kappa shape index (κ1) is 171. The van der Waals surface area contributed by atoms with Crippen LogP contribution in [0, 0.1) is 0 Å². The van der Waals surface area contributed by atoms with Crippen molar-refractivity contribution in [2.24, 2.45) is 0 Å². The number of hydrogen-bond donors (Lipinski definition) is 0. The maximum Gasteiger partial charge on any atom is 3.00 e. The van der Waals surface area contributed by atoms with E-state index >= 15 is 0 Å². The van der Waals surface area contributed by atoms with Crippen LogP contribution in [0.15, 0.2) is 0 Å². The SMILES string of the molecule is O.O.O.O.O.O.O.O.O.O.O.O.O=S(=O)([O-])[O-].O=S(=O)([O-])[O-].[Fe+3].[K+]. The predicted octanol–water partition coefficient (Wildman–Crippen LogP) is -15.6. The van der Waals surface area contributed by atoms with Crippen molar-refractivity contribution in [2.75, 3.05) is 0 Å². The van der Waals surface area contributed by atoms with Gasteiger partial charge in [0.2, 0.25) is 0 Å². The van der Waals surface area contributed by atoms with Crippen LogP contribution in [0.5, 0.6) is 0 Å². The van der Waals surface area contributed by atoms with E-state index in [2.05, 4.69) is 0 Å². The molecule has 0 saturated carbocycles. The van der Waals surface area contributed by atoms with E-state index in [1.54, 1.807) is 0 Å². The average Bonchev–Trinajstić information content (AvgIpc) is 1.12. The summed E-state index contributed by atoms with van der Waals surface area (Å²) >= 11 is 0. The molecule has 0 rings (SSSR count). The fourth-order valence-electron chi connectivity index (χ4n) is 0. The minimum atomic E-state index is -5.17. The third-order valence-electron chi connectivity index (χ3n) is 0. The molecule has 0 aliphatic rings. The van der Waals surface area contributed by atoms with Crippen LogP contribution < -0.4 is 51.4 Å². The average molecular weight is 503 g/mol. The van der Waals surface area contributed by atoms with Crippen LogP contribution in [0.3, 0.4) is 0 Å². The van der Waals surface area contributed by atoms with E-state index in [0.717, 1.165) is 0 Å².